The molecule has 2 atom stereocenters. The highest BCUT2D eigenvalue weighted by Crippen LogP contribution is 2.15. The van der Waals surface area contributed by atoms with Gasteiger partial charge >= 0.3 is 0 Å². The molecule has 0 aromatic heterocycles. The number of carbonyl (C=O) groups excluding carboxylic acids is 1. The average Bonchev–Trinajstić information content (AvgIpc) is 2.90. The first-order valence-electron chi connectivity index (χ1n) is 7.59. The standard InChI is InChI=1S/C15H28N4O/c1-5-19(9-13-7-6-8-17-13)10-14(20)18-15(4,11-16)12(2)3/h12-13,17H,5-10H2,1-4H3,(H,18,20). The third-order valence-electron chi connectivity index (χ3n) is 4.24. The van der Waals surface area contributed by atoms with Gasteiger partial charge in [-0.25, -0.2) is 0 Å². The lowest BCUT2D eigenvalue weighted by Gasteiger charge is -2.29. The molecule has 0 radical (unpaired) electrons. The van der Waals surface area contributed by atoms with Gasteiger partial charge in [0.25, 0.3) is 0 Å². The summed E-state index contributed by atoms with van der Waals surface area (Å²) < 4.78 is 0. The van der Waals surface area contributed by atoms with Gasteiger partial charge in [0.15, 0.2) is 0 Å². The molecule has 1 saturated heterocycles. The number of likely N-dealkylation sites (N-methyl/N-ethyl adjacent to an activating group) is 1. The van der Waals surface area contributed by atoms with Gasteiger partial charge in [-0.1, -0.05) is 20.8 Å². The summed E-state index contributed by atoms with van der Waals surface area (Å²) in [4.78, 5) is 14.3. The van der Waals surface area contributed by atoms with Gasteiger partial charge in [-0.3, -0.25) is 9.69 Å². The van der Waals surface area contributed by atoms with Gasteiger partial charge in [0.1, 0.15) is 5.54 Å². The first-order valence-corrected chi connectivity index (χ1v) is 7.59. The molecular weight excluding hydrogens is 252 g/mol. The zero-order valence-corrected chi connectivity index (χ0v) is 13.2. The summed E-state index contributed by atoms with van der Waals surface area (Å²) in [5.74, 6) is 0.0191. The predicted octanol–water partition coefficient (Wildman–Crippen LogP) is 1.11. The smallest absolute Gasteiger partial charge is 0.235 e. The highest BCUT2D eigenvalue weighted by Gasteiger charge is 2.30. The number of hydrogen-bond acceptors (Lipinski definition) is 4. The molecule has 1 heterocycles. The van der Waals surface area contributed by atoms with Crippen LogP contribution in [0, 0.1) is 17.2 Å². The maximum atomic E-state index is 12.1. The minimum Gasteiger partial charge on any atom is -0.337 e. The van der Waals surface area contributed by atoms with Crippen molar-refractivity contribution in [3.63, 3.8) is 0 Å². The molecule has 1 amide bonds. The molecule has 5 heteroatoms. The number of rotatable bonds is 7. The number of nitrogens with zero attached hydrogens (tertiary/aromatic N) is 2. The largest absolute Gasteiger partial charge is 0.337 e. The molecule has 0 aromatic carbocycles. The van der Waals surface area contributed by atoms with E-state index < -0.39 is 5.54 Å². The monoisotopic (exact) mass is 280 g/mol. The van der Waals surface area contributed by atoms with Crippen LogP contribution in [0.4, 0.5) is 0 Å². The van der Waals surface area contributed by atoms with Crippen molar-refractivity contribution in [3.8, 4) is 6.07 Å². The number of nitriles is 1. The van der Waals surface area contributed by atoms with Crippen LogP contribution in [0.3, 0.4) is 0 Å². The normalized spacial score (nSPS) is 21.8. The molecule has 0 aromatic rings. The minimum absolute atomic E-state index is 0.0670. The van der Waals surface area contributed by atoms with Gasteiger partial charge in [0, 0.05) is 12.6 Å². The van der Waals surface area contributed by atoms with Crippen molar-refractivity contribution in [3.05, 3.63) is 0 Å². The van der Waals surface area contributed by atoms with Crippen LogP contribution < -0.4 is 10.6 Å². The molecule has 5 nitrogen and oxygen atoms in total. The van der Waals surface area contributed by atoms with E-state index in [1.54, 1.807) is 6.92 Å². The van der Waals surface area contributed by atoms with Crippen LogP contribution in [0.25, 0.3) is 0 Å². The van der Waals surface area contributed by atoms with Crippen molar-refractivity contribution in [2.75, 3.05) is 26.2 Å². The van der Waals surface area contributed by atoms with E-state index in [4.69, 9.17) is 0 Å². The van der Waals surface area contributed by atoms with E-state index in [-0.39, 0.29) is 11.8 Å². The SMILES string of the molecule is CCN(CC(=O)NC(C)(C#N)C(C)C)CC1CCCN1. The van der Waals surface area contributed by atoms with Crippen LogP contribution in [0.2, 0.25) is 0 Å². The van der Waals surface area contributed by atoms with Gasteiger partial charge < -0.3 is 10.6 Å². The second-order valence-corrected chi connectivity index (χ2v) is 6.14. The summed E-state index contributed by atoms with van der Waals surface area (Å²) in [6.07, 6.45) is 2.40. The van der Waals surface area contributed by atoms with Crippen molar-refractivity contribution >= 4 is 5.91 Å². The van der Waals surface area contributed by atoms with Gasteiger partial charge in [-0.2, -0.15) is 5.26 Å². The second-order valence-electron chi connectivity index (χ2n) is 6.14. The first kappa shape index (κ1) is 16.9. The molecule has 20 heavy (non-hydrogen) atoms. The van der Waals surface area contributed by atoms with E-state index in [0.29, 0.717) is 12.6 Å². The summed E-state index contributed by atoms with van der Waals surface area (Å²) >= 11 is 0. The number of amides is 1. The molecule has 114 valence electrons. The zero-order chi connectivity index (χ0) is 15.2. The van der Waals surface area contributed by atoms with Crippen molar-refractivity contribution < 1.29 is 4.79 Å². The number of nitrogens with one attached hydrogen (secondary N) is 2. The third kappa shape index (κ3) is 4.77. The van der Waals surface area contributed by atoms with Crippen LogP contribution in [0.15, 0.2) is 0 Å². The van der Waals surface area contributed by atoms with Gasteiger partial charge in [-0.15, -0.1) is 0 Å². The Morgan fingerprint density at radius 1 is 1.60 bits per heavy atom. The molecule has 1 rings (SSSR count). The fourth-order valence-corrected chi connectivity index (χ4v) is 2.36. The molecule has 0 saturated carbocycles. The van der Waals surface area contributed by atoms with E-state index in [2.05, 4.69) is 28.5 Å². The molecule has 0 aliphatic carbocycles. The Morgan fingerprint density at radius 2 is 2.30 bits per heavy atom. The summed E-state index contributed by atoms with van der Waals surface area (Å²) in [5.41, 5.74) is -0.790. The van der Waals surface area contributed by atoms with Crippen LogP contribution in [0.5, 0.6) is 0 Å². The zero-order valence-electron chi connectivity index (χ0n) is 13.2. The third-order valence-corrected chi connectivity index (χ3v) is 4.24. The predicted molar refractivity (Wildman–Crippen MR) is 80.1 cm³/mol. The molecule has 0 bridgehead atoms. The lowest BCUT2D eigenvalue weighted by atomic mass is 9.90. The molecule has 2 unspecified atom stereocenters. The van der Waals surface area contributed by atoms with Gasteiger partial charge in [-0.05, 0) is 38.8 Å². The van der Waals surface area contributed by atoms with Crippen molar-refractivity contribution in [1.82, 2.24) is 15.5 Å². The lowest BCUT2D eigenvalue weighted by Crippen LogP contribution is -2.52. The molecular formula is C15H28N4O. The van der Waals surface area contributed by atoms with Crippen LogP contribution in [-0.4, -0.2) is 48.6 Å². The Kier molecular flexibility index (Phi) is 6.44. The van der Waals surface area contributed by atoms with Crippen LogP contribution in [0.1, 0.15) is 40.5 Å². The van der Waals surface area contributed by atoms with Gasteiger partial charge in [0.2, 0.25) is 5.91 Å². The molecule has 1 fully saturated rings. The summed E-state index contributed by atoms with van der Waals surface area (Å²) in [7, 11) is 0. The Balaban J connectivity index is 2.48. The van der Waals surface area contributed by atoms with Crippen molar-refractivity contribution in [2.45, 2.75) is 52.1 Å². The Hall–Kier alpha value is -1.12. The van der Waals surface area contributed by atoms with E-state index in [1.165, 1.54) is 12.8 Å². The number of carbonyl (C=O) groups is 1. The number of hydrogen-bond donors (Lipinski definition) is 2. The Bertz CT molecular complexity index is 357. The van der Waals surface area contributed by atoms with Crippen LogP contribution >= 0.6 is 0 Å². The fraction of sp³-hybridized carbons (Fsp3) is 0.867. The quantitative estimate of drug-likeness (QED) is 0.733. The highest BCUT2D eigenvalue weighted by atomic mass is 16.2. The van der Waals surface area contributed by atoms with E-state index >= 15 is 0 Å². The van der Waals surface area contributed by atoms with Crippen LogP contribution in [-0.2, 0) is 4.79 Å². The average molecular weight is 280 g/mol. The minimum atomic E-state index is -0.790. The second kappa shape index (κ2) is 7.61. The molecule has 0 spiro atoms. The molecule has 2 N–H and O–H groups in total. The van der Waals surface area contributed by atoms with Crippen molar-refractivity contribution in [1.29, 1.82) is 5.26 Å². The molecule has 1 aliphatic heterocycles. The first-order chi connectivity index (χ1) is 9.41. The fourth-order valence-electron chi connectivity index (χ4n) is 2.36. The summed E-state index contributed by atoms with van der Waals surface area (Å²) in [6, 6.07) is 2.71. The Labute approximate surface area is 122 Å². The highest BCUT2D eigenvalue weighted by molar-refractivity contribution is 5.79. The van der Waals surface area contributed by atoms with E-state index in [1.807, 2.05) is 13.8 Å². The van der Waals surface area contributed by atoms with Crippen molar-refractivity contribution in [2.24, 2.45) is 5.92 Å². The lowest BCUT2D eigenvalue weighted by molar-refractivity contribution is -0.123. The van der Waals surface area contributed by atoms with E-state index in [0.717, 1.165) is 19.6 Å². The Morgan fingerprint density at radius 3 is 2.75 bits per heavy atom. The molecule has 1 aliphatic rings. The topological polar surface area (TPSA) is 68.2 Å². The maximum absolute atomic E-state index is 12.1. The summed E-state index contributed by atoms with van der Waals surface area (Å²) in [6.45, 7) is 10.9. The van der Waals surface area contributed by atoms with Gasteiger partial charge in [0.05, 0.1) is 12.6 Å². The van der Waals surface area contributed by atoms with E-state index in [9.17, 15) is 10.1 Å². The summed E-state index contributed by atoms with van der Waals surface area (Å²) in [5, 5.41) is 15.6. The maximum Gasteiger partial charge on any atom is 0.235 e.